The van der Waals surface area contributed by atoms with E-state index in [-0.39, 0.29) is 12.1 Å². The fourth-order valence-electron chi connectivity index (χ4n) is 3.45. The third-order valence-electron chi connectivity index (χ3n) is 5.01. The van der Waals surface area contributed by atoms with E-state index in [0.717, 1.165) is 45.1 Å². The van der Waals surface area contributed by atoms with E-state index in [1.54, 1.807) is 0 Å². The zero-order chi connectivity index (χ0) is 16.2. The number of nitrogens with one attached hydrogen (secondary N) is 2. The second-order valence-electron chi connectivity index (χ2n) is 7.73. The van der Waals surface area contributed by atoms with E-state index in [1.165, 1.54) is 0 Å². The zero-order valence-electron chi connectivity index (χ0n) is 14.1. The standard InChI is InChI=1S/C17H30N2O3/c1-17(2,3)12-6-8-13(9-7-12)19-16(21)15(20)18-11-14-5-4-10-22-14/h12-14H,4-11H2,1-3H3,(H,18,20)(H,19,21)/t12?,13?,14-/m1/s1. The molecule has 2 rings (SSSR count). The summed E-state index contributed by atoms with van der Waals surface area (Å²) >= 11 is 0. The Kier molecular flexibility index (Phi) is 5.84. The molecule has 0 unspecified atom stereocenters. The summed E-state index contributed by atoms with van der Waals surface area (Å²) in [6, 6.07) is 0.139. The maximum atomic E-state index is 11.9. The van der Waals surface area contributed by atoms with Gasteiger partial charge >= 0.3 is 11.8 Å². The molecule has 0 radical (unpaired) electrons. The molecule has 2 aliphatic rings. The third kappa shape index (κ3) is 4.97. The van der Waals surface area contributed by atoms with Crippen molar-refractivity contribution in [3.63, 3.8) is 0 Å². The van der Waals surface area contributed by atoms with Crippen LogP contribution in [0.25, 0.3) is 0 Å². The molecule has 0 aromatic heterocycles. The van der Waals surface area contributed by atoms with Crippen molar-refractivity contribution in [3.8, 4) is 0 Å². The molecule has 1 saturated heterocycles. The second-order valence-corrected chi connectivity index (χ2v) is 7.73. The van der Waals surface area contributed by atoms with E-state index < -0.39 is 11.8 Å². The largest absolute Gasteiger partial charge is 0.376 e. The number of rotatable bonds is 3. The van der Waals surface area contributed by atoms with Crippen molar-refractivity contribution in [2.75, 3.05) is 13.2 Å². The minimum atomic E-state index is -0.534. The van der Waals surface area contributed by atoms with Gasteiger partial charge in [-0.3, -0.25) is 9.59 Å². The molecular formula is C17H30N2O3. The summed E-state index contributed by atoms with van der Waals surface area (Å²) in [7, 11) is 0. The van der Waals surface area contributed by atoms with Crippen molar-refractivity contribution in [1.82, 2.24) is 10.6 Å². The Morgan fingerprint density at radius 1 is 1.05 bits per heavy atom. The van der Waals surface area contributed by atoms with Crippen LogP contribution < -0.4 is 10.6 Å². The fourth-order valence-corrected chi connectivity index (χ4v) is 3.45. The topological polar surface area (TPSA) is 67.4 Å². The van der Waals surface area contributed by atoms with Crippen LogP contribution in [0.4, 0.5) is 0 Å². The average molecular weight is 310 g/mol. The highest BCUT2D eigenvalue weighted by Crippen LogP contribution is 2.37. The summed E-state index contributed by atoms with van der Waals surface area (Å²) in [6.07, 6.45) is 6.22. The van der Waals surface area contributed by atoms with Gasteiger partial charge in [-0.2, -0.15) is 0 Å². The van der Waals surface area contributed by atoms with Crippen LogP contribution in [0.1, 0.15) is 59.3 Å². The molecule has 1 aliphatic heterocycles. The van der Waals surface area contributed by atoms with Gasteiger partial charge in [0.15, 0.2) is 0 Å². The lowest BCUT2D eigenvalue weighted by atomic mass is 9.71. The summed E-state index contributed by atoms with van der Waals surface area (Å²) in [5.74, 6) is -0.334. The minimum absolute atomic E-state index is 0.0685. The van der Waals surface area contributed by atoms with Crippen LogP contribution in [0, 0.1) is 11.3 Å². The maximum absolute atomic E-state index is 11.9. The molecule has 22 heavy (non-hydrogen) atoms. The van der Waals surface area contributed by atoms with E-state index in [0.29, 0.717) is 17.9 Å². The van der Waals surface area contributed by atoms with Gasteiger partial charge in [-0.1, -0.05) is 20.8 Å². The van der Waals surface area contributed by atoms with Crippen LogP contribution in [0.5, 0.6) is 0 Å². The van der Waals surface area contributed by atoms with Gasteiger partial charge in [0.2, 0.25) is 0 Å². The van der Waals surface area contributed by atoms with Crippen LogP contribution in [-0.2, 0) is 14.3 Å². The van der Waals surface area contributed by atoms with Crippen molar-refractivity contribution in [2.24, 2.45) is 11.3 Å². The molecule has 5 nitrogen and oxygen atoms in total. The lowest BCUT2D eigenvalue weighted by Crippen LogP contribution is -2.47. The van der Waals surface area contributed by atoms with Crippen LogP contribution in [0.3, 0.4) is 0 Å². The van der Waals surface area contributed by atoms with Crippen molar-refractivity contribution in [1.29, 1.82) is 0 Å². The van der Waals surface area contributed by atoms with Crippen molar-refractivity contribution >= 4 is 11.8 Å². The number of amides is 2. The van der Waals surface area contributed by atoms with Gasteiger partial charge in [0.05, 0.1) is 6.10 Å². The van der Waals surface area contributed by atoms with Gasteiger partial charge in [-0.15, -0.1) is 0 Å². The first-order chi connectivity index (χ1) is 10.4. The third-order valence-corrected chi connectivity index (χ3v) is 5.01. The molecule has 126 valence electrons. The first-order valence-electron chi connectivity index (χ1n) is 8.56. The molecule has 0 bridgehead atoms. The van der Waals surface area contributed by atoms with Crippen molar-refractivity contribution < 1.29 is 14.3 Å². The zero-order valence-corrected chi connectivity index (χ0v) is 14.1. The van der Waals surface area contributed by atoms with E-state index in [1.807, 2.05) is 0 Å². The molecule has 1 heterocycles. The number of hydrogen-bond acceptors (Lipinski definition) is 3. The molecular weight excluding hydrogens is 280 g/mol. The average Bonchev–Trinajstić information content (AvgIpc) is 2.97. The van der Waals surface area contributed by atoms with Gasteiger partial charge in [0.1, 0.15) is 0 Å². The molecule has 0 aromatic rings. The van der Waals surface area contributed by atoms with Gasteiger partial charge in [-0.25, -0.2) is 0 Å². The highest BCUT2D eigenvalue weighted by Gasteiger charge is 2.31. The summed E-state index contributed by atoms with van der Waals surface area (Å²) in [5.41, 5.74) is 0.327. The minimum Gasteiger partial charge on any atom is -0.376 e. The SMILES string of the molecule is CC(C)(C)C1CCC(NC(=O)C(=O)NC[C@H]2CCCO2)CC1. The molecule has 0 spiro atoms. The lowest BCUT2D eigenvalue weighted by molar-refractivity contribution is -0.140. The normalized spacial score (nSPS) is 29.1. The number of carbonyl (C=O) groups excluding carboxylic acids is 2. The van der Waals surface area contributed by atoms with E-state index in [2.05, 4.69) is 31.4 Å². The Morgan fingerprint density at radius 3 is 2.27 bits per heavy atom. The summed E-state index contributed by atoms with van der Waals surface area (Å²) in [4.78, 5) is 23.7. The van der Waals surface area contributed by atoms with Crippen LogP contribution in [-0.4, -0.2) is 37.1 Å². The van der Waals surface area contributed by atoms with E-state index >= 15 is 0 Å². The molecule has 1 atom stereocenters. The predicted octanol–water partition coefficient (Wildman–Crippen LogP) is 2.00. The lowest BCUT2D eigenvalue weighted by Gasteiger charge is -2.37. The molecule has 1 aliphatic carbocycles. The second kappa shape index (κ2) is 7.44. The van der Waals surface area contributed by atoms with Crippen LogP contribution in [0.15, 0.2) is 0 Å². The molecule has 0 aromatic carbocycles. The maximum Gasteiger partial charge on any atom is 0.309 e. The Labute approximate surface area is 133 Å². The first-order valence-corrected chi connectivity index (χ1v) is 8.56. The number of ether oxygens (including phenoxy) is 1. The van der Waals surface area contributed by atoms with Gasteiger partial charge in [0.25, 0.3) is 0 Å². The molecule has 5 heteroatoms. The monoisotopic (exact) mass is 310 g/mol. The Morgan fingerprint density at radius 2 is 1.73 bits per heavy atom. The van der Waals surface area contributed by atoms with Gasteiger partial charge < -0.3 is 15.4 Å². The molecule has 1 saturated carbocycles. The predicted molar refractivity (Wildman–Crippen MR) is 85.3 cm³/mol. The van der Waals surface area contributed by atoms with Crippen LogP contribution >= 0.6 is 0 Å². The van der Waals surface area contributed by atoms with E-state index in [4.69, 9.17) is 4.74 Å². The molecule has 2 N–H and O–H groups in total. The molecule has 2 amide bonds. The number of hydrogen-bond donors (Lipinski definition) is 2. The van der Waals surface area contributed by atoms with Gasteiger partial charge in [0, 0.05) is 19.2 Å². The Bertz CT molecular complexity index is 389. The highest BCUT2D eigenvalue weighted by molar-refractivity contribution is 6.35. The summed E-state index contributed by atoms with van der Waals surface area (Å²) in [6.45, 7) is 8.01. The quantitative estimate of drug-likeness (QED) is 0.784. The summed E-state index contributed by atoms with van der Waals surface area (Å²) < 4.78 is 5.43. The smallest absolute Gasteiger partial charge is 0.309 e. The van der Waals surface area contributed by atoms with Crippen LogP contribution in [0.2, 0.25) is 0 Å². The molecule has 2 fully saturated rings. The first kappa shape index (κ1) is 17.3. The number of carbonyl (C=O) groups is 2. The van der Waals surface area contributed by atoms with Crippen molar-refractivity contribution in [3.05, 3.63) is 0 Å². The summed E-state index contributed by atoms with van der Waals surface area (Å²) in [5, 5.41) is 5.55. The van der Waals surface area contributed by atoms with Crippen molar-refractivity contribution in [2.45, 2.75) is 71.4 Å². The Balaban J connectivity index is 1.67. The highest BCUT2D eigenvalue weighted by atomic mass is 16.5. The van der Waals surface area contributed by atoms with E-state index in [9.17, 15) is 9.59 Å². The Hall–Kier alpha value is -1.10. The van der Waals surface area contributed by atoms with Gasteiger partial charge in [-0.05, 0) is 49.9 Å². The fraction of sp³-hybridized carbons (Fsp3) is 0.882.